The first kappa shape index (κ1) is 22.8. The highest BCUT2D eigenvalue weighted by molar-refractivity contribution is 7.91. The molecule has 31 heavy (non-hydrogen) atoms. The van der Waals surface area contributed by atoms with E-state index in [0.29, 0.717) is 15.9 Å². The molecule has 1 atom stereocenters. The molecule has 1 amide bonds. The van der Waals surface area contributed by atoms with Crippen LogP contribution in [0.2, 0.25) is 5.02 Å². The summed E-state index contributed by atoms with van der Waals surface area (Å²) in [5.41, 5.74) is 1.81. The fraction of sp³-hybridized carbons (Fsp3) is 0.273. The van der Waals surface area contributed by atoms with Crippen LogP contribution in [0.4, 0.5) is 0 Å². The molecule has 0 fully saturated rings. The van der Waals surface area contributed by atoms with Crippen LogP contribution in [0, 0.1) is 13.8 Å². The first-order valence-corrected chi connectivity index (χ1v) is 11.5. The first-order valence-electron chi connectivity index (χ1n) is 9.66. The molecule has 164 valence electrons. The number of hydrogen-bond donors (Lipinski definition) is 2. The first-order chi connectivity index (χ1) is 14.5. The average molecular weight is 463 g/mol. The van der Waals surface area contributed by atoms with Crippen molar-refractivity contribution in [2.45, 2.75) is 43.5 Å². The summed E-state index contributed by atoms with van der Waals surface area (Å²) < 4.78 is 32.2. The highest BCUT2D eigenvalue weighted by Crippen LogP contribution is 2.34. The number of aromatic amines is 1. The lowest BCUT2D eigenvalue weighted by Gasteiger charge is -2.13. The summed E-state index contributed by atoms with van der Waals surface area (Å²) in [5.74, 6) is -1.36. The molecule has 1 unspecified atom stereocenters. The van der Waals surface area contributed by atoms with Gasteiger partial charge in [-0.2, -0.15) is 0 Å². The fourth-order valence-electron chi connectivity index (χ4n) is 3.38. The molecule has 3 aromatic rings. The van der Waals surface area contributed by atoms with E-state index in [-0.39, 0.29) is 22.1 Å². The van der Waals surface area contributed by atoms with E-state index in [9.17, 15) is 18.0 Å². The summed E-state index contributed by atoms with van der Waals surface area (Å²) in [5, 5.41) is 3.12. The summed E-state index contributed by atoms with van der Waals surface area (Å²) in [6.07, 6.45) is 0. The van der Waals surface area contributed by atoms with Crippen LogP contribution >= 0.6 is 11.6 Å². The Morgan fingerprint density at radius 1 is 1.13 bits per heavy atom. The second-order valence-electron chi connectivity index (χ2n) is 7.29. The third kappa shape index (κ3) is 4.60. The number of halogens is 1. The van der Waals surface area contributed by atoms with Crippen molar-refractivity contribution in [3.05, 3.63) is 58.2 Å². The number of rotatable bonds is 6. The van der Waals surface area contributed by atoms with Crippen molar-refractivity contribution in [3.8, 4) is 0 Å². The zero-order valence-corrected chi connectivity index (χ0v) is 19.1. The van der Waals surface area contributed by atoms with Gasteiger partial charge in [0.1, 0.15) is 16.6 Å². The molecular weight excluding hydrogens is 440 g/mol. The Morgan fingerprint density at radius 2 is 1.77 bits per heavy atom. The molecule has 0 saturated carbocycles. The number of aromatic nitrogens is 1. The van der Waals surface area contributed by atoms with Gasteiger partial charge in [-0.15, -0.1) is 0 Å². The predicted octanol–water partition coefficient (Wildman–Crippen LogP) is 3.95. The second kappa shape index (κ2) is 8.72. The molecule has 0 spiro atoms. The maximum atomic E-state index is 13.6. The third-order valence-electron chi connectivity index (χ3n) is 4.70. The number of fused-ring (bicyclic) bond motifs is 1. The number of benzene rings is 2. The monoisotopic (exact) mass is 462 g/mol. The zero-order chi connectivity index (χ0) is 22.9. The van der Waals surface area contributed by atoms with Crippen molar-refractivity contribution >= 4 is 44.2 Å². The standard InChI is InChI=1S/C22H23ClN2O5S/c1-5-30-22(27)14(4)24-21(26)19-20(17-11-15(23)6-7-18(17)25-19)31(28,29)16-9-12(2)8-13(3)10-16/h6-11,14,25H,5H2,1-4H3,(H,24,26). The SMILES string of the molecule is CCOC(=O)C(C)NC(=O)c1[nH]c2ccc(Cl)cc2c1S(=O)(=O)c1cc(C)cc(C)c1. The van der Waals surface area contributed by atoms with Gasteiger partial charge in [-0.1, -0.05) is 17.7 Å². The highest BCUT2D eigenvalue weighted by atomic mass is 35.5. The van der Waals surface area contributed by atoms with Gasteiger partial charge in [0.15, 0.2) is 0 Å². The number of carbonyl (C=O) groups is 2. The molecule has 1 heterocycles. The van der Waals surface area contributed by atoms with E-state index in [1.165, 1.54) is 13.0 Å². The van der Waals surface area contributed by atoms with Crippen LogP contribution < -0.4 is 5.32 Å². The molecule has 0 aliphatic carbocycles. The summed E-state index contributed by atoms with van der Waals surface area (Å²) in [7, 11) is -4.09. The predicted molar refractivity (Wildman–Crippen MR) is 118 cm³/mol. The van der Waals surface area contributed by atoms with E-state index in [0.717, 1.165) is 11.1 Å². The number of hydrogen-bond acceptors (Lipinski definition) is 5. The lowest BCUT2D eigenvalue weighted by Crippen LogP contribution is -2.40. The number of carbonyl (C=O) groups excluding carboxylic acids is 2. The minimum Gasteiger partial charge on any atom is -0.464 e. The number of esters is 1. The summed E-state index contributed by atoms with van der Waals surface area (Å²) in [4.78, 5) is 27.7. The average Bonchev–Trinajstić information content (AvgIpc) is 3.06. The van der Waals surface area contributed by atoms with Crippen LogP contribution in [0.25, 0.3) is 10.9 Å². The number of amides is 1. The van der Waals surface area contributed by atoms with Gasteiger partial charge >= 0.3 is 5.97 Å². The normalized spacial score (nSPS) is 12.5. The van der Waals surface area contributed by atoms with Crippen LogP contribution in [-0.2, 0) is 19.4 Å². The molecule has 2 aromatic carbocycles. The number of H-pyrrole nitrogens is 1. The molecule has 3 rings (SSSR count). The van der Waals surface area contributed by atoms with Crippen LogP contribution in [0.3, 0.4) is 0 Å². The van der Waals surface area contributed by atoms with Gasteiger partial charge in [0.25, 0.3) is 5.91 Å². The molecule has 0 aliphatic rings. The van der Waals surface area contributed by atoms with Crippen molar-refractivity contribution in [1.29, 1.82) is 0 Å². The molecule has 0 bridgehead atoms. The largest absolute Gasteiger partial charge is 0.464 e. The Morgan fingerprint density at radius 3 is 2.39 bits per heavy atom. The van der Waals surface area contributed by atoms with E-state index < -0.39 is 27.8 Å². The molecule has 7 nitrogen and oxygen atoms in total. The van der Waals surface area contributed by atoms with E-state index in [2.05, 4.69) is 10.3 Å². The van der Waals surface area contributed by atoms with Gasteiger partial charge in [-0.3, -0.25) is 4.79 Å². The Balaban J connectivity index is 2.19. The summed E-state index contributed by atoms with van der Waals surface area (Å²) in [6, 6.07) is 8.69. The Labute approximate surface area is 185 Å². The molecular formula is C22H23ClN2O5S. The lowest BCUT2D eigenvalue weighted by atomic mass is 10.2. The third-order valence-corrected chi connectivity index (χ3v) is 6.75. The molecule has 0 radical (unpaired) electrons. The van der Waals surface area contributed by atoms with Gasteiger partial charge in [0.2, 0.25) is 9.84 Å². The second-order valence-corrected chi connectivity index (χ2v) is 9.62. The smallest absolute Gasteiger partial charge is 0.328 e. The number of sulfone groups is 1. The van der Waals surface area contributed by atoms with Crippen LogP contribution in [0.1, 0.15) is 35.5 Å². The highest BCUT2D eigenvalue weighted by Gasteiger charge is 2.31. The van der Waals surface area contributed by atoms with Gasteiger partial charge < -0.3 is 15.0 Å². The van der Waals surface area contributed by atoms with Crippen molar-refractivity contribution in [2.75, 3.05) is 6.61 Å². The minimum atomic E-state index is -4.09. The number of ether oxygens (including phenoxy) is 1. The van der Waals surface area contributed by atoms with Crippen molar-refractivity contribution in [3.63, 3.8) is 0 Å². The fourth-order valence-corrected chi connectivity index (χ4v) is 5.34. The van der Waals surface area contributed by atoms with Crippen LogP contribution in [0.5, 0.6) is 0 Å². The maximum Gasteiger partial charge on any atom is 0.328 e. The zero-order valence-electron chi connectivity index (χ0n) is 17.6. The Hall–Kier alpha value is -2.84. The summed E-state index contributed by atoms with van der Waals surface area (Å²) >= 11 is 6.12. The number of nitrogens with one attached hydrogen (secondary N) is 2. The maximum absolute atomic E-state index is 13.6. The van der Waals surface area contributed by atoms with E-state index in [1.807, 2.05) is 6.07 Å². The molecule has 2 N–H and O–H groups in total. The Bertz CT molecular complexity index is 1260. The lowest BCUT2D eigenvalue weighted by molar-refractivity contribution is -0.144. The van der Waals surface area contributed by atoms with Gasteiger partial charge in [-0.25, -0.2) is 13.2 Å². The minimum absolute atomic E-state index is 0.0679. The number of aryl methyl sites for hydroxylation is 2. The molecule has 0 aliphatic heterocycles. The quantitative estimate of drug-likeness (QED) is 0.539. The van der Waals surface area contributed by atoms with Crippen LogP contribution in [0.15, 0.2) is 46.2 Å². The Kier molecular flexibility index (Phi) is 6.43. The molecule has 9 heteroatoms. The molecule has 0 saturated heterocycles. The van der Waals surface area contributed by atoms with Crippen molar-refractivity contribution < 1.29 is 22.7 Å². The van der Waals surface area contributed by atoms with E-state index in [4.69, 9.17) is 16.3 Å². The topological polar surface area (TPSA) is 105 Å². The van der Waals surface area contributed by atoms with Crippen molar-refractivity contribution in [1.82, 2.24) is 10.3 Å². The van der Waals surface area contributed by atoms with Gasteiger partial charge in [0.05, 0.1) is 11.5 Å². The summed E-state index contributed by atoms with van der Waals surface area (Å²) in [6.45, 7) is 6.88. The molecule has 1 aromatic heterocycles. The van der Waals surface area contributed by atoms with E-state index >= 15 is 0 Å². The van der Waals surface area contributed by atoms with Crippen LogP contribution in [-0.4, -0.2) is 37.9 Å². The van der Waals surface area contributed by atoms with Crippen molar-refractivity contribution in [2.24, 2.45) is 0 Å². The van der Waals surface area contributed by atoms with Gasteiger partial charge in [-0.05, 0) is 69.2 Å². The van der Waals surface area contributed by atoms with Gasteiger partial charge in [0, 0.05) is 15.9 Å². The van der Waals surface area contributed by atoms with E-state index in [1.54, 1.807) is 45.0 Å².